The van der Waals surface area contributed by atoms with Gasteiger partial charge in [0.05, 0.1) is 0 Å². The molecule has 0 fully saturated rings. The Morgan fingerprint density at radius 3 is 2.63 bits per heavy atom. The summed E-state index contributed by atoms with van der Waals surface area (Å²) < 4.78 is 13.7. The lowest BCUT2D eigenvalue weighted by Crippen LogP contribution is -2.15. The summed E-state index contributed by atoms with van der Waals surface area (Å²) in [4.78, 5) is 0. The largest absolute Gasteiger partial charge is 0.324 e. The van der Waals surface area contributed by atoms with E-state index in [9.17, 15) is 4.39 Å². The number of halogens is 2. The number of aryl methyl sites for hydroxylation is 2. The van der Waals surface area contributed by atoms with Crippen LogP contribution >= 0.6 is 11.6 Å². The first kappa shape index (κ1) is 14.0. The van der Waals surface area contributed by atoms with Gasteiger partial charge < -0.3 is 5.73 Å². The molecule has 0 aliphatic rings. The minimum atomic E-state index is -0.259. The first-order valence-electron chi connectivity index (χ1n) is 6.24. The first-order valence-corrected chi connectivity index (χ1v) is 6.62. The Kier molecular flexibility index (Phi) is 4.23. The fraction of sp³-hybridized carbons (Fsp3) is 0.250. The van der Waals surface area contributed by atoms with Crippen LogP contribution in [0.25, 0.3) is 0 Å². The van der Waals surface area contributed by atoms with Crippen LogP contribution in [0.2, 0.25) is 5.02 Å². The van der Waals surface area contributed by atoms with Crippen LogP contribution < -0.4 is 5.73 Å². The lowest BCUT2D eigenvalue weighted by molar-refractivity contribution is 0.592. The van der Waals surface area contributed by atoms with Gasteiger partial charge in [0.25, 0.3) is 0 Å². The Morgan fingerprint density at radius 1 is 1.16 bits per heavy atom. The molecule has 0 bridgehead atoms. The summed E-state index contributed by atoms with van der Waals surface area (Å²) in [5.41, 5.74) is 10.1. The molecule has 2 aromatic carbocycles. The van der Waals surface area contributed by atoms with Crippen molar-refractivity contribution in [2.75, 3.05) is 0 Å². The second-order valence-corrected chi connectivity index (χ2v) is 5.34. The second kappa shape index (κ2) is 5.72. The molecule has 0 heterocycles. The van der Waals surface area contributed by atoms with Gasteiger partial charge in [-0.05, 0) is 55.2 Å². The van der Waals surface area contributed by atoms with Crippen LogP contribution in [0.15, 0.2) is 36.4 Å². The van der Waals surface area contributed by atoms with E-state index in [1.165, 1.54) is 6.07 Å². The standard InChI is InChI=1S/C16H17ClFN/c1-10-3-4-11(2)14(7-10)16(19)9-12-8-13(17)5-6-15(12)18/h3-8,16H,9,19H2,1-2H3. The van der Waals surface area contributed by atoms with Crippen molar-refractivity contribution in [3.63, 3.8) is 0 Å². The van der Waals surface area contributed by atoms with Crippen LogP contribution in [0.1, 0.15) is 28.3 Å². The highest BCUT2D eigenvalue weighted by Gasteiger charge is 2.13. The van der Waals surface area contributed by atoms with E-state index in [1.807, 2.05) is 26.0 Å². The quantitative estimate of drug-likeness (QED) is 0.887. The molecular weight excluding hydrogens is 261 g/mol. The number of rotatable bonds is 3. The lowest BCUT2D eigenvalue weighted by atomic mass is 9.94. The zero-order chi connectivity index (χ0) is 14.0. The van der Waals surface area contributed by atoms with E-state index < -0.39 is 0 Å². The van der Waals surface area contributed by atoms with Gasteiger partial charge in [0.1, 0.15) is 5.82 Å². The minimum absolute atomic E-state index is 0.229. The molecule has 1 nitrogen and oxygen atoms in total. The molecule has 0 aliphatic carbocycles. The average molecular weight is 278 g/mol. The van der Waals surface area contributed by atoms with Crippen LogP contribution in [0, 0.1) is 19.7 Å². The van der Waals surface area contributed by atoms with Crippen molar-refractivity contribution in [2.24, 2.45) is 5.73 Å². The van der Waals surface area contributed by atoms with Gasteiger partial charge >= 0.3 is 0 Å². The van der Waals surface area contributed by atoms with E-state index in [0.717, 1.165) is 16.7 Å². The highest BCUT2D eigenvalue weighted by Crippen LogP contribution is 2.24. The van der Waals surface area contributed by atoms with E-state index >= 15 is 0 Å². The van der Waals surface area contributed by atoms with Crippen molar-refractivity contribution in [2.45, 2.75) is 26.3 Å². The van der Waals surface area contributed by atoms with Crippen molar-refractivity contribution < 1.29 is 4.39 Å². The summed E-state index contributed by atoms with van der Waals surface area (Å²) in [5.74, 6) is -0.259. The Hall–Kier alpha value is -1.38. The Morgan fingerprint density at radius 2 is 1.89 bits per heavy atom. The summed E-state index contributed by atoms with van der Waals surface area (Å²) in [6, 6.07) is 10.5. The third-order valence-electron chi connectivity index (χ3n) is 3.28. The van der Waals surface area contributed by atoms with E-state index in [1.54, 1.807) is 12.1 Å². The van der Waals surface area contributed by atoms with Gasteiger partial charge in [0, 0.05) is 11.1 Å². The Labute approximate surface area is 118 Å². The second-order valence-electron chi connectivity index (χ2n) is 4.91. The van der Waals surface area contributed by atoms with E-state index in [0.29, 0.717) is 17.0 Å². The third-order valence-corrected chi connectivity index (χ3v) is 3.52. The van der Waals surface area contributed by atoms with Crippen LogP contribution in [0.4, 0.5) is 4.39 Å². The van der Waals surface area contributed by atoms with Crippen molar-refractivity contribution >= 4 is 11.6 Å². The topological polar surface area (TPSA) is 26.0 Å². The fourth-order valence-electron chi connectivity index (χ4n) is 2.21. The summed E-state index contributed by atoms with van der Waals surface area (Å²) in [6.07, 6.45) is 0.441. The maximum absolute atomic E-state index is 13.7. The molecule has 2 N–H and O–H groups in total. The summed E-state index contributed by atoms with van der Waals surface area (Å²) in [6.45, 7) is 4.04. The van der Waals surface area contributed by atoms with Crippen LogP contribution in [0.3, 0.4) is 0 Å². The number of benzene rings is 2. The van der Waals surface area contributed by atoms with Crippen LogP contribution in [-0.2, 0) is 6.42 Å². The lowest BCUT2D eigenvalue weighted by Gasteiger charge is -2.16. The van der Waals surface area contributed by atoms with Gasteiger partial charge in [-0.1, -0.05) is 35.4 Å². The van der Waals surface area contributed by atoms with Crippen molar-refractivity contribution in [1.29, 1.82) is 0 Å². The number of hydrogen-bond acceptors (Lipinski definition) is 1. The van der Waals surface area contributed by atoms with Gasteiger partial charge in [0.15, 0.2) is 0 Å². The summed E-state index contributed by atoms with van der Waals surface area (Å²) in [5, 5.41) is 0.532. The van der Waals surface area contributed by atoms with E-state index in [-0.39, 0.29) is 11.9 Å². The molecule has 1 unspecified atom stereocenters. The maximum Gasteiger partial charge on any atom is 0.126 e. The molecule has 0 aromatic heterocycles. The van der Waals surface area contributed by atoms with Gasteiger partial charge in [-0.3, -0.25) is 0 Å². The van der Waals surface area contributed by atoms with Gasteiger partial charge in [-0.15, -0.1) is 0 Å². The van der Waals surface area contributed by atoms with Crippen molar-refractivity contribution in [1.82, 2.24) is 0 Å². The molecular formula is C16H17ClFN. The maximum atomic E-state index is 13.7. The molecule has 100 valence electrons. The predicted octanol–water partition coefficient (Wildman–Crippen LogP) is 4.34. The van der Waals surface area contributed by atoms with Crippen LogP contribution in [-0.4, -0.2) is 0 Å². The van der Waals surface area contributed by atoms with E-state index in [2.05, 4.69) is 6.07 Å². The SMILES string of the molecule is Cc1ccc(C)c(C(N)Cc2cc(Cl)ccc2F)c1. The molecule has 1 atom stereocenters. The average Bonchev–Trinajstić information content (AvgIpc) is 2.36. The van der Waals surface area contributed by atoms with Crippen LogP contribution in [0.5, 0.6) is 0 Å². The molecule has 0 radical (unpaired) electrons. The zero-order valence-corrected chi connectivity index (χ0v) is 11.8. The van der Waals surface area contributed by atoms with Gasteiger partial charge in [-0.2, -0.15) is 0 Å². The Bertz CT molecular complexity index is 595. The normalized spacial score (nSPS) is 12.5. The van der Waals surface area contributed by atoms with Crippen molar-refractivity contribution in [3.8, 4) is 0 Å². The fourth-order valence-corrected chi connectivity index (χ4v) is 2.40. The smallest absolute Gasteiger partial charge is 0.126 e. The van der Waals surface area contributed by atoms with E-state index in [4.69, 9.17) is 17.3 Å². The number of hydrogen-bond donors (Lipinski definition) is 1. The molecule has 0 aliphatic heterocycles. The molecule has 3 heteroatoms. The van der Waals surface area contributed by atoms with Crippen molar-refractivity contribution in [3.05, 3.63) is 69.5 Å². The molecule has 0 saturated carbocycles. The minimum Gasteiger partial charge on any atom is -0.324 e. The monoisotopic (exact) mass is 277 g/mol. The highest BCUT2D eigenvalue weighted by molar-refractivity contribution is 6.30. The predicted molar refractivity (Wildman–Crippen MR) is 78.0 cm³/mol. The first-order chi connectivity index (χ1) is 8.97. The molecule has 0 saturated heterocycles. The molecule has 2 aromatic rings. The summed E-state index contributed by atoms with van der Waals surface area (Å²) in [7, 11) is 0. The molecule has 0 amide bonds. The molecule has 2 rings (SSSR count). The molecule has 0 spiro atoms. The van der Waals surface area contributed by atoms with Gasteiger partial charge in [-0.25, -0.2) is 4.39 Å². The summed E-state index contributed by atoms with van der Waals surface area (Å²) >= 11 is 5.90. The third kappa shape index (κ3) is 3.34. The number of nitrogens with two attached hydrogens (primary N) is 1. The molecule has 19 heavy (non-hydrogen) atoms. The Balaban J connectivity index is 2.27. The van der Waals surface area contributed by atoms with Gasteiger partial charge in [0.2, 0.25) is 0 Å². The highest BCUT2D eigenvalue weighted by atomic mass is 35.5. The zero-order valence-electron chi connectivity index (χ0n) is 11.1.